The first-order valence-electron chi connectivity index (χ1n) is 9.21. The van der Waals surface area contributed by atoms with Crippen molar-refractivity contribution >= 4 is 28.8 Å². The highest BCUT2D eigenvalue weighted by Crippen LogP contribution is 2.34. The van der Waals surface area contributed by atoms with Crippen LogP contribution in [0, 0.1) is 24.1 Å². The number of hydrogen-bond acceptors (Lipinski definition) is 4. The number of anilines is 2. The van der Waals surface area contributed by atoms with E-state index in [0.29, 0.717) is 22.5 Å². The van der Waals surface area contributed by atoms with Gasteiger partial charge in [0.2, 0.25) is 0 Å². The third-order valence-electron chi connectivity index (χ3n) is 4.76. The average Bonchev–Trinajstić information content (AvgIpc) is 2.98. The Morgan fingerprint density at radius 2 is 1.63 bits per heavy atom. The number of amides is 2. The van der Waals surface area contributed by atoms with Gasteiger partial charge in [-0.2, -0.15) is 5.26 Å². The number of carbonyl (C=O) groups is 2. The summed E-state index contributed by atoms with van der Waals surface area (Å²) in [6.07, 6.45) is 0. The molecule has 0 unspecified atom stereocenters. The van der Waals surface area contributed by atoms with Gasteiger partial charge in [0.25, 0.3) is 11.8 Å². The first-order valence-corrected chi connectivity index (χ1v) is 9.21. The highest BCUT2D eigenvalue weighted by atomic mass is 19.1. The Bertz CT molecular complexity index is 1220. The average molecular weight is 397 g/mol. The Labute approximate surface area is 172 Å². The Hall–Kier alpha value is -4.24. The van der Waals surface area contributed by atoms with Crippen LogP contribution in [0.3, 0.4) is 0 Å². The van der Waals surface area contributed by atoms with E-state index in [1.165, 1.54) is 24.3 Å². The number of hydrogen-bond donors (Lipinski definition) is 1. The molecule has 0 bridgehead atoms. The number of benzene rings is 3. The zero-order chi connectivity index (χ0) is 21.3. The van der Waals surface area contributed by atoms with Crippen molar-refractivity contribution in [2.75, 3.05) is 10.2 Å². The van der Waals surface area contributed by atoms with Crippen LogP contribution in [0.25, 0.3) is 5.57 Å². The molecule has 1 heterocycles. The standard InChI is InChI=1S/C24H16FN3O2/c1-15-3-2-4-19(13-15)27-22-21(17-7-9-18(25)10-8-17)23(29)28(24(22)30)20-11-5-16(14-26)6-12-20/h2-13,27H,1H3. The maximum atomic E-state index is 13.4. The minimum atomic E-state index is -0.523. The maximum Gasteiger partial charge on any atom is 0.282 e. The quantitative estimate of drug-likeness (QED) is 0.662. The highest BCUT2D eigenvalue weighted by molar-refractivity contribution is 6.46. The molecule has 0 fully saturated rings. The van der Waals surface area contributed by atoms with Crippen molar-refractivity contribution < 1.29 is 14.0 Å². The van der Waals surface area contributed by atoms with E-state index in [2.05, 4.69) is 5.32 Å². The Kier molecular flexibility index (Phi) is 4.87. The molecule has 0 aliphatic carbocycles. The minimum Gasteiger partial charge on any atom is -0.350 e. The van der Waals surface area contributed by atoms with Gasteiger partial charge in [0.05, 0.1) is 22.9 Å². The van der Waals surface area contributed by atoms with Crippen LogP contribution in [0.1, 0.15) is 16.7 Å². The Morgan fingerprint density at radius 3 is 2.27 bits per heavy atom. The topological polar surface area (TPSA) is 73.2 Å². The fraction of sp³-hybridized carbons (Fsp3) is 0.0417. The van der Waals surface area contributed by atoms with Gasteiger partial charge in [0.1, 0.15) is 11.5 Å². The van der Waals surface area contributed by atoms with Crippen molar-refractivity contribution in [3.05, 3.63) is 101 Å². The van der Waals surface area contributed by atoms with E-state index in [1.54, 1.807) is 30.3 Å². The van der Waals surface area contributed by atoms with Crippen LogP contribution in [0.4, 0.5) is 15.8 Å². The largest absolute Gasteiger partial charge is 0.350 e. The minimum absolute atomic E-state index is 0.113. The van der Waals surface area contributed by atoms with Crippen LogP contribution >= 0.6 is 0 Å². The van der Waals surface area contributed by atoms with Gasteiger partial charge >= 0.3 is 0 Å². The van der Waals surface area contributed by atoms with Gasteiger partial charge in [-0.25, -0.2) is 9.29 Å². The summed E-state index contributed by atoms with van der Waals surface area (Å²) in [6.45, 7) is 1.92. The predicted molar refractivity (Wildman–Crippen MR) is 112 cm³/mol. The predicted octanol–water partition coefficient (Wildman–Crippen LogP) is 4.40. The van der Waals surface area contributed by atoms with Gasteiger partial charge in [-0.1, -0.05) is 24.3 Å². The third kappa shape index (κ3) is 3.45. The smallest absolute Gasteiger partial charge is 0.282 e. The number of halogens is 1. The molecule has 6 heteroatoms. The molecule has 30 heavy (non-hydrogen) atoms. The van der Waals surface area contributed by atoms with Crippen LogP contribution in [0.5, 0.6) is 0 Å². The Balaban J connectivity index is 1.81. The van der Waals surface area contributed by atoms with Crippen LogP contribution in [-0.2, 0) is 9.59 Å². The summed E-state index contributed by atoms with van der Waals surface area (Å²) >= 11 is 0. The Morgan fingerprint density at radius 1 is 0.933 bits per heavy atom. The van der Waals surface area contributed by atoms with Gasteiger partial charge in [-0.15, -0.1) is 0 Å². The highest BCUT2D eigenvalue weighted by Gasteiger charge is 2.40. The number of imide groups is 1. The molecule has 0 radical (unpaired) electrons. The van der Waals surface area contributed by atoms with E-state index in [0.717, 1.165) is 10.5 Å². The maximum absolute atomic E-state index is 13.4. The van der Waals surface area contributed by atoms with Gasteiger partial charge in [-0.3, -0.25) is 9.59 Å². The molecule has 1 N–H and O–H groups in total. The van der Waals surface area contributed by atoms with E-state index in [1.807, 2.05) is 31.2 Å². The van der Waals surface area contributed by atoms with Gasteiger partial charge in [0.15, 0.2) is 0 Å². The zero-order valence-corrected chi connectivity index (χ0v) is 16.0. The molecule has 0 spiro atoms. The second-order valence-electron chi connectivity index (χ2n) is 6.86. The summed E-state index contributed by atoms with van der Waals surface area (Å²) in [5.41, 5.74) is 3.12. The van der Waals surface area contributed by atoms with Gasteiger partial charge < -0.3 is 5.32 Å². The second-order valence-corrected chi connectivity index (χ2v) is 6.86. The van der Waals surface area contributed by atoms with Gasteiger partial charge in [0, 0.05) is 5.69 Å². The van der Waals surface area contributed by atoms with Crippen LogP contribution < -0.4 is 10.2 Å². The van der Waals surface area contributed by atoms with Gasteiger partial charge in [-0.05, 0) is 66.6 Å². The summed E-state index contributed by atoms with van der Waals surface area (Å²) in [4.78, 5) is 27.6. The molecule has 2 amide bonds. The zero-order valence-electron chi connectivity index (χ0n) is 16.0. The molecule has 0 atom stereocenters. The first-order chi connectivity index (χ1) is 14.5. The van der Waals surface area contributed by atoms with Crippen LogP contribution in [0.15, 0.2) is 78.5 Å². The van der Waals surface area contributed by atoms with Crippen molar-refractivity contribution in [1.82, 2.24) is 0 Å². The number of nitrogens with one attached hydrogen (secondary N) is 1. The summed E-state index contributed by atoms with van der Waals surface area (Å²) in [5.74, 6) is -1.48. The van der Waals surface area contributed by atoms with Crippen LogP contribution in [-0.4, -0.2) is 11.8 Å². The summed E-state index contributed by atoms with van der Waals surface area (Å²) in [5, 5.41) is 12.1. The van der Waals surface area contributed by atoms with Crippen LogP contribution in [0.2, 0.25) is 0 Å². The van der Waals surface area contributed by atoms with E-state index in [9.17, 15) is 14.0 Å². The summed E-state index contributed by atoms with van der Waals surface area (Å²) in [7, 11) is 0. The normalized spacial score (nSPS) is 13.6. The number of aryl methyl sites for hydroxylation is 1. The monoisotopic (exact) mass is 397 g/mol. The lowest BCUT2D eigenvalue weighted by atomic mass is 10.0. The van der Waals surface area contributed by atoms with Crippen molar-refractivity contribution in [2.24, 2.45) is 0 Å². The fourth-order valence-corrected chi connectivity index (χ4v) is 3.32. The van der Waals surface area contributed by atoms with E-state index >= 15 is 0 Å². The third-order valence-corrected chi connectivity index (χ3v) is 4.76. The number of nitrogens with zero attached hydrogens (tertiary/aromatic N) is 2. The second kappa shape index (κ2) is 7.64. The lowest BCUT2D eigenvalue weighted by Gasteiger charge is -2.15. The molecule has 1 aliphatic rings. The summed E-state index contributed by atoms with van der Waals surface area (Å²) in [6, 6.07) is 21.0. The van der Waals surface area contributed by atoms with Crippen molar-refractivity contribution in [3.8, 4) is 6.07 Å². The van der Waals surface area contributed by atoms with Crippen molar-refractivity contribution in [2.45, 2.75) is 6.92 Å². The molecule has 5 nitrogen and oxygen atoms in total. The fourth-order valence-electron chi connectivity index (χ4n) is 3.32. The molecule has 4 rings (SSSR count). The lowest BCUT2D eigenvalue weighted by molar-refractivity contribution is -0.120. The molecule has 0 saturated carbocycles. The molecular weight excluding hydrogens is 381 g/mol. The number of nitriles is 1. The molecule has 0 aromatic heterocycles. The SMILES string of the molecule is Cc1cccc(NC2=C(c3ccc(F)cc3)C(=O)N(c3ccc(C#N)cc3)C2=O)c1. The number of rotatable bonds is 4. The van der Waals surface area contributed by atoms with E-state index in [4.69, 9.17) is 5.26 Å². The van der Waals surface area contributed by atoms with Crippen molar-refractivity contribution in [1.29, 1.82) is 5.26 Å². The molecule has 1 aliphatic heterocycles. The molecule has 0 saturated heterocycles. The molecule has 3 aromatic rings. The van der Waals surface area contributed by atoms with Crippen molar-refractivity contribution in [3.63, 3.8) is 0 Å². The molecular formula is C24H16FN3O2. The first kappa shape index (κ1) is 19.1. The molecule has 146 valence electrons. The summed E-state index contributed by atoms with van der Waals surface area (Å²) < 4.78 is 13.4. The lowest BCUT2D eigenvalue weighted by Crippen LogP contribution is -2.32. The molecule has 3 aromatic carbocycles. The van der Waals surface area contributed by atoms with E-state index < -0.39 is 17.6 Å². The number of carbonyl (C=O) groups excluding carboxylic acids is 2. The van der Waals surface area contributed by atoms with E-state index in [-0.39, 0.29) is 11.3 Å².